The minimum Gasteiger partial charge on any atom is -0.507 e. The number of phenols is 4. The van der Waals surface area contributed by atoms with Gasteiger partial charge in [-0.1, -0.05) is 6.42 Å². The van der Waals surface area contributed by atoms with Crippen molar-refractivity contribution in [2.75, 3.05) is 0 Å². The third-order valence-electron chi connectivity index (χ3n) is 6.31. The molecular weight excluding hydrogens is 436 g/mol. The van der Waals surface area contributed by atoms with Crippen LogP contribution in [0.15, 0.2) is 42.7 Å². The van der Waals surface area contributed by atoms with Crippen LogP contribution in [0.2, 0.25) is 0 Å². The van der Waals surface area contributed by atoms with Crippen LogP contribution in [0.4, 0.5) is 0 Å². The molecule has 0 radical (unpaired) electrons. The van der Waals surface area contributed by atoms with Crippen LogP contribution in [-0.4, -0.2) is 30.6 Å². The number of hydrogen-bond donors (Lipinski definition) is 6. The van der Waals surface area contributed by atoms with E-state index < -0.39 is 62.8 Å². The molecule has 10 heteroatoms. The van der Waals surface area contributed by atoms with Crippen LogP contribution >= 0.6 is 0 Å². The van der Waals surface area contributed by atoms with E-state index in [1.807, 2.05) is 0 Å². The zero-order valence-corrected chi connectivity index (χ0v) is 16.9. The van der Waals surface area contributed by atoms with Crippen molar-refractivity contribution < 1.29 is 39.5 Å². The fraction of sp³-hybridized carbons (Fsp3) is 0.217. The van der Waals surface area contributed by atoms with E-state index in [1.165, 1.54) is 12.1 Å². The molecule has 10 nitrogen and oxygen atoms in total. The van der Waals surface area contributed by atoms with Gasteiger partial charge in [-0.15, -0.1) is 0 Å². The molecule has 6 N–H and O–H groups in total. The summed E-state index contributed by atoms with van der Waals surface area (Å²) in [5.41, 5.74) is -3.59. The van der Waals surface area contributed by atoms with Gasteiger partial charge in [0.25, 0.3) is 0 Å². The number of aromatic hydroxyl groups is 6. The highest BCUT2D eigenvalue weighted by Crippen LogP contribution is 2.50. The normalized spacial score (nSPS) is 14.2. The summed E-state index contributed by atoms with van der Waals surface area (Å²) in [5.74, 6) is -5.13. The van der Waals surface area contributed by atoms with Gasteiger partial charge < -0.3 is 39.5 Å². The minimum atomic E-state index is -1.12. The number of phenolic OH excluding ortho intramolecular Hbond substituents is 4. The molecule has 2 aromatic carbocycles. The van der Waals surface area contributed by atoms with E-state index >= 15 is 0 Å². The van der Waals surface area contributed by atoms with Crippen molar-refractivity contribution in [1.82, 2.24) is 0 Å². The Morgan fingerprint density at radius 3 is 1.45 bits per heavy atom. The Balaban J connectivity index is 1.84. The van der Waals surface area contributed by atoms with Crippen molar-refractivity contribution in [2.24, 2.45) is 5.92 Å². The summed E-state index contributed by atoms with van der Waals surface area (Å²) in [6.45, 7) is 0. The predicted octanol–water partition coefficient (Wildman–Crippen LogP) is 3.07. The Hall–Kier alpha value is -4.34. The first-order valence-electron chi connectivity index (χ1n) is 10.1. The fourth-order valence-corrected chi connectivity index (χ4v) is 4.42. The first-order chi connectivity index (χ1) is 15.7. The molecule has 170 valence electrons. The number of hydrogen-bond acceptors (Lipinski definition) is 10. The molecule has 2 aromatic heterocycles. The molecule has 0 atom stereocenters. The molecule has 0 aliphatic heterocycles. The van der Waals surface area contributed by atoms with Gasteiger partial charge >= 0.3 is 11.3 Å². The number of fused-ring (bicyclic) bond motifs is 2. The first-order valence-corrected chi connectivity index (χ1v) is 10.1. The molecule has 1 aliphatic rings. The maximum Gasteiger partial charge on any atom is 0.344 e. The van der Waals surface area contributed by atoms with Gasteiger partial charge in [-0.3, -0.25) is 0 Å². The molecule has 2 heterocycles. The molecule has 0 unspecified atom stereocenters. The smallest absolute Gasteiger partial charge is 0.344 e. The SMILES string of the molecule is O=c1oc2c(O)c(O)ccc2c(O)c1C(c1c(O)c2ccc(O)c(O)c2oc1=O)C1CCC1. The summed E-state index contributed by atoms with van der Waals surface area (Å²) in [5, 5.41) is 61.3. The van der Waals surface area contributed by atoms with Crippen molar-refractivity contribution >= 4 is 21.9 Å². The second-order valence-corrected chi connectivity index (χ2v) is 8.09. The summed E-state index contributed by atoms with van der Waals surface area (Å²) < 4.78 is 10.4. The summed E-state index contributed by atoms with van der Waals surface area (Å²) in [7, 11) is 0. The third-order valence-corrected chi connectivity index (χ3v) is 6.31. The van der Waals surface area contributed by atoms with Crippen LogP contribution in [0, 0.1) is 5.92 Å². The van der Waals surface area contributed by atoms with Crippen molar-refractivity contribution in [3.63, 3.8) is 0 Å². The topological polar surface area (TPSA) is 182 Å². The molecule has 1 saturated carbocycles. The van der Waals surface area contributed by atoms with Gasteiger partial charge in [0.05, 0.1) is 21.9 Å². The van der Waals surface area contributed by atoms with Crippen molar-refractivity contribution in [3.05, 3.63) is 56.2 Å². The van der Waals surface area contributed by atoms with Crippen LogP contribution in [0.3, 0.4) is 0 Å². The van der Waals surface area contributed by atoms with Crippen LogP contribution in [0.1, 0.15) is 36.3 Å². The summed E-state index contributed by atoms with van der Waals surface area (Å²) >= 11 is 0. The lowest BCUT2D eigenvalue weighted by Gasteiger charge is -2.33. The summed E-state index contributed by atoms with van der Waals surface area (Å²) in [6.07, 6.45) is 1.96. The molecular formula is C23H18O10. The Bertz CT molecular complexity index is 1450. The lowest BCUT2D eigenvalue weighted by atomic mass is 9.70. The number of rotatable bonds is 3. The Morgan fingerprint density at radius 1 is 0.667 bits per heavy atom. The molecule has 0 amide bonds. The largest absolute Gasteiger partial charge is 0.507 e. The Morgan fingerprint density at radius 2 is 1.09 bits per heavy atom. The Kier molecular flexibility index (Phi) is 4.42. The molecule has 5 rings (SSSR count). The molecule has 0 bridgehead atoms. The van der Waals surface area contributed by atoms with Gasteiger partial charge in [-0.05, 0) is 43.0 Å². The van der Waals surface area contributed by atoms with Gasteiger partial charge in [0, 0.05) is 5.92 Å². The van der Waals surface area contributed by atoms with Gasteiger partial charge in [-0.25, -0.2) is 9.59 Å². The lowest BCUT2D eigenvalue weighted by molar-refractivity contribution is 0.268. The van der Waals surface area contributed by atoms with Gasteiger partial charge in [0.1, 0.15) is 11.5 Å². The second kappa shape index (κ2) is 7.09. The molecule has 1 fully saturated rings. The van der Waals surface area contributed by atoms with Crippen LogP contribution in [0.25, 0.3) is 21.9 Å². The average Bonchev–Trinajstić information content (AvgIpc) is 2.72. The van der Waals surface area contributed by atoms with Crippen LogP contribution in [0.5, 0.6) is 34.5 Å². The van der Waals surface area contributed by atoms with Crippen molar-refractivity contribution in [3.8, 4) is 34.5 Å². The molecule has 0 spiro atoms. The zero-order chi connectivity index (χ0) is 23.6. The molecule has 4 aromatic rings. The van der Waals surface area contributed by atoms with E-state index in [2.05, 4.69) is 0 Å². The molecule has 1 aliphatic carbocycles. The van der Waals surface area contributed by atoms with E-state index in [0.717, 1.165) is 18.6 Å². The van der Waals surface area contributed by atoms with E-state index in [0.29, 0.717) is 12.8 Å². The van der Waals surface area contributed by atoms with Crippen molar-refractivity contribution in [1.29, 1.82) is 0 Å². The molecule has 0 saturated heterocycles. The second-order valence-electron chi connectivity index (χ2n) is 8.09. The predicted molar refractivity (Wildman–Crippen MR) is 114 cm³/mol. The fourth-order valence-electron chi connectivity index (χ4n) is 4.42. The molecule has 33 heavy (non-hydrogen) atoms. The minimum absolute atomic E-state index is 0.0727. The zero-order valence-electron chi connectivity index (χ0n) is 16.9. The monoisotopic (exact) mass is 454 g/mol. The maximum atomic E-state index is 13.0. The quantitative estimate of drug-likeness (QED) is 0.199. The summed E-state index contributed by atoms with van der Waals surface area (Å²) in [6, 6.07) is 4.70. The van der Waals surface area contributed by atoms with Gasteiger partial charge in [-0.2, -0.15) is 0 Å². The first kappa shape index (κ1) is 20.6. The van der Waals surface area contributed by atoms with Gasteiger partial charge in [0.15, 0.2) is 22.7 Å². The standard InChI is InChI=1S/C23H18O10/c24-11-6-4-9-16(26)14(22(30)32-20(9)18(11)28)13(8-2-1-3-8)15-17(27)10-5-7-12(25)19(29)21(10)33-23(15)31/h4-8,13,24-29H,1-3H2. The highest BCUT2D eigenvalue weighted by molar-refractivity contribution is 5.92. The maximum absolute atomic E-state index is 13.0. The van der Waals surface area contributed by atoms with E-state index in [-0.39, 0.29) is 27.8 Å². The average molecular weight is 454 g/mol. The van der Waals surface area contributed by atoms with E-state index in [4.69, 9.17) is 8.83 Å². The van der Waals surface area contributed by atoms with E-state index in [1.54, 1.807) is 0 Å². The number of benzene rings is 2. The lowest BCUT2D eigenvalue weighted by Crippen LogP contribution is -2.29. The van der Waals surface area contributed by atoms with Gasteiger partial charge in [0.2, 0.25) is 11.5 Å². The third kappa shape index (κ3) is 2.87. The van der Waals surface area contributed by atoms with Crippen LogP contribution in [-0.2, 0) is 0 Å². The highest BCUT2D eigenvalue weighted by Gasteiger charge is 2.39. The van der Waals surface area contributed by atoms with Crippen molar-refractivity contribution in [2.45, 2.75) is 25.2 Å². The summed E-state index contributed by atoms with van der Waals surface area (Å²) in [4.78, 5) is 25.9. The highest BCUT2D eigenvalue weighted by atomic mass is 16.4. The van der Waals surface area contributed by atoms with Crippen LogP contribution < -0.4 is 11.3 Å². The Labute approximate surface area is 183 Å². The van der Waals surface area contributed by atoms with E-state index in [9.17, 15) is 40.2 Å².